The van der Waals surface area contributed by atoms with Crippen molar-refractivity contribution in [1.82, 2.24) is 5.32 Å². The Morgan fingerprint density at radius 3 is 3.09 bits per heavy atom. The first-order valence-electron chi connectivity index (χ1n) is 4.60. The largest absolute Gasteiger partial charge is 0.375 e. The molecule has 2 nitrogen and oxygen atoms in total. The van der Waals surface area contributed by atoms with Crippen molar-refractivity contribution in [3.8, 4) is 0 Å². The Labute approximate surface area is 68.3 Å². The second-order valence-electron chi connectivity index (χ2n) is 4.13. The van der Waals surface area contributed by atoms with Gasteiger partial charge in [0.15, 0.2) is 0 Å². The van der Waals surface area contributed by atoms with Gasteiger partial charge in [-0.2, -0.15) is 0 Å². The molecule has 3 atom stereocenters. The monoisotopic (exact) mass is 155 g/mol. The van der Waals surface area contributed by atoms with E-state index in [0.717, 1.165) is 6.61 Å². The van der Waals surface area contributed by atoms with Crippen LogP contribution in [0.25, 0.3) is 0 Å². The topological polar surface area (TPSA) is 21.3 Å². The highest BCUT2D eigenvalue weighted by molar-refractivity contribution is 4.98. The summed E-state index contributed by atoms with van der Waals surface area (Å²) in [5.41, 5.74) is 0.265. The summed E-state index contributed by atoms with van der Waals surface area (Å²) in [5.74, 6) is 0. The van der Waals surface area contributed by atoms with Crippen molar-refractivity contribution in [3.63, 3.8) is 0 Å². The van der Waals surface area contributed by atoms with Gasteiger partial charge in [0.05, 0.1) is 12.7 Å². The van der Waals surface area contributed by atoms with Gasteiger partial charge in [0.2, 0.25) is 0 Å². The molecule has 0 saturated carbocycles. The van der Waals surface area contributed by atoms with Crippen molar-refractivity contribution in [2.75, 3.05) is 6.61 Å². The summed E-state index contributed by atoms with van der Waals surface area (Å²) in [4.78, 5) is 0. The lowest BCUT2D eigenvalue weighted by molar-refractivity contribution is -0.0755. The lowest BCUT2D eigenvalue weighted by Gasteiger charge is -2.48. The zero-order chi connectivity index (χ0) is 7.90. The minimum absolute atomic E-state index is 0.265. The standard InChI is InChI=1S/C9H17NO/c1-7-9(2)5-3-4-8(10-9)6-11-7/h7-8,10H,3-6H2,1-2H3. The van der Waals surface area contributed by atoms with Gasteiger partial charge in [0.25, 0.3) is 0 Å². The highest BCUT2D eigenvalue weighted by Gasteiger charge is 2.40. The van der Waals surface area contributed by atoms with E-state index in [2.05, 4.69) is 19.2 Å². The number of piperidine rings is 1. The van der Waals surface area contributed by atoms with E-state index in [-0.39, 0.29) is 5.54 Å². The van der Waals surface area contributed by atoms with Crippen molar-refractivity contribution < 1.29 is 4.74 Å². The molecule has 2 rings (SSSR count). The Bertz CT molecular complexity index is 160. The van der Waals surface area contributed by atoms with Crippen molar-refractivity contribution >= 4 is 0 Å². The van der Waals surface area contributed by atoms with E-state index in [1.165, 1.54) is 19.3 Å². The fourth-order valence-corrected chi connectivity index (χ4v) is 2.22. The van der Waals surface area contributed by atoms with Crippen LogP contribution in [-0.2, 0) is 4.74 Å². The quantitative estimate of drug-likeness (QED) is 0.569. The van der Waals surface area contributed by atoms with Crippen molar-refractivity contribution in [2.45, 2.75) is 50.8 Å². The Kier molecular flexibility index (Phi) is 1.69. The Morgan fingerprint density at radius 2 is 2.36 bits per heavy atom. The van der Waals surface area contributed by atoms with Gasteiger partial charge in [-0.1, -0.05) is 0 Å². The molecule has 0 radical (unpaired) electrons. The van der Waals surface area contributed by atoms with Crippen molar-refractivity contribution in [3.05, 3.63) is 0 Å². The van der Waals surface area contributed by atoms with E-state index in [1.807, 2.05) is 0 Å². The second-order valence-corrected chi connectivity index (χ2v) is 4.13. The Hall–Kier alpha value is -0.0800. The third kappa shape index (κ3) is 1.18. The molecule has 1 N–H and O–H groups in total. The van der Waals surface area contributed by atoms with Crippen LogP contribution in [0.15, 0.2) is 0 Å². The van der Waals surface area contributed by atoms with Crippen LogP contribution in [0.3, 0.4) is 0 Å². The van der Waals surface area contributed by atoms with E-state index in [0.29, 0.717) is 12.1 Å². The molecule has 3 unspecified atom stereocenters. The van der Waals surface area contributed by atoms with E-state index < -0.39 is 0 Å². The maximum atomic E-state index is 5.69. The number of ether oxygens (including phenoxy) is 1. The number of fused-ring (bicyclic) bond motifs is 2. The smallest absolute Gasteiger partial charge is 0.0726 e. The van der Waals surface area contributed by atoms with Crippen LogP contribution in [0.4, 0.5) is 0 Å². The summed E-state index contributed by atoms with van der Waals surface area (Å²) in [6.07, 6.45) is 4.31. The molecule has 2 heterocycles. The van der Waals surface area contributed by atoms with Gasteiger partial charge in [-0.15, -0.1) is 0 Å². The van der Waals surface area contributed by atoms with E-state index in [9.17, 15) is 0 Å². The highest BCUT2D eigenvalue weighted by atomic mass is 16.5. The maximum absolute atomic E-state index is 5.69. The molecular weight excluding hydrogens is 138 g/mol. The summed E-state index contributed by atoms with van der Waals surface area (Å²) in [6.45, 7) is 5.37. The van der Waals surface area contributed by atoms with Gasteiger partial charge < -0.3 is 10.1 Å². The van der Waals surface area contributed by atoms with Gasteiger partial charge in [0.1, 0.15) is 0 Å². The van der Waals surface area contributed by atoms with Crippen LogP contribution in [0.1, 0.15) is 33.1 Å². The SMILES string of the molecule is CC1OCC2CCCC1(C)N2. The molecule has 2 aliphatic heterocycles. The zero-order valence-electron chi connectivity index (χ0n) is 7.39. The van der Waals surface area contributed by atoms with Crippen LogP contribution in [0.2, 0.25) is 0 Å². The summed E-state index contributed by atoms with van der Waals surface area (Å²) in [5, 5.41) is 3.65. The molecule has 0 amide bonds. The first-order valence-corrected chi connectivity index (χ1v) is 4.60. The zero-order valence-corrected chi connectivity index (χ0v) is 7.39. The molecule has 0 aromatic carbocycles. The van der Waals surface area contributed by atoms with E-state index in [1.54, 1.807) is 0 Å². The highest BCUT2D eigenvalue weighted by Crippen LogP contribution is 2.30. The predicted octanol–water partition coefficient (Wildman–Crippen LogP) is 1.31. The fraction of sp³-hybridized carbons (Fsp3) is 1.00. The summed E-state index contributed by atoms with van der Waals surface area (Å²) in [7, 11) is 0. The molecule has 2 heteroatoms. The van der Waals surface area contributed by atoms with Crippen LogP contribution < -0.4 is 5.32 Å². The molecule has 0 aliphatic carbocycles. The summed E-state index contributed by atoms with van der Waals surface area (Å²) >= 11 is 0. The van der Waals surface area contributed by atoms with Crippen LogP contribution in [-0.4, -0.2) is 24.3 Å². The van der Waals surface area contributed by atoms with Crippen LogP contribution in [0, 0.1) is 0 Å². The third-order valence-corrected chi connectivity index (χ3v) is 3.23. The molecule has 2 fully saturated rings. The van der Waals surface area contributed by atoms with E-state index >= 15 is 0 Å². The van der Waals surface area contributed by atoms with Crippen LogP contribution >= 0.6 is 0 Å². The second kappa shape index (κ2) is 2.46. The number of morpholine rings is 1. The normalized spacial score (nSPS) is 50.7. The van der Waals surface area contributed by atoms with Gasteiger partial charge in [-0.3, -0.25) is 0 Å². The Morgan fingerprint density at radius 1 is 1.55 bits per heavy atom. The number of rotatable bonds is 0. The summed E-state index contributed by atoms with van der Waals surface area (Å²) in [6, 6.07) is 0.630. The molecule has 0 aromatic rings. The molecule has 2 bridgehead atoms. The first kappa shape index (κ1) is 7.56. The van der Waals surface area contributed by atoms with Crippen molar-refractivity contribution in [2.24, 2.45) is 0 Å². The number of nitrogens with one attached hydrogen (secondary N) is 1. The molecule has 2 saturated heterocycles. The molecule has 0 aromatic heterocycles. The van der Waals surface area contributed by atoms with Crippen molar-refractivity contribution in [1.29, 1.82) is 0 Å². The van der Waals surface area contributed by atoms with Gasteiger partial charge in [-0.05, 0) is 33.1 Å². The lowest BCUT2D eigenvalue weighted by atomic mass is 9.82. The molecule has 11 heavy (non-hydrogen) atoms. The average molecular weight is 155 g/mol. The van der Waals surface area contributed by atoms with E-state index in [4.69, 9.17) is 4.74 Å². The minimum atomic E-state index is 0.265. The lowest BCUT2D eigenvalue weighted by Crippen LogP contribution is -2.63. The maximum Gasteiger partial charge on any atom is 0.0726 e. The molecule has 64 valence electrons. The molecule has 0 spiro atoms. The van der Waals surface area contributed by atoms with Gasteiger partial charge in [0, 0.05) is 11.6 Å². The summed E-state index contributed by atoms with van der Waals surface area (Å²) < 4.78 is 5.69. The van der Waals surface area contributed by atoms with Gasteiger partial charge in [-0.25, -0.2) is 0 Å². The van der Waals surface area contributed by atoms with Gasteiger partial charge >= 0.3 is 0 Å². The molecular formula is C9H17NO. The average Bonchev–Trinajstić information content (AvgIpc) is 1.98. The number of hydrogen-bond donors (Lipinski definition) is 1. The third-order valence-electron chi connectivity index (χ3n) is 3.23. The minimum Gasteiger partial charge on any atom is -0.375 e. The molecule has 2 aliphatic rings. The van der Waals surface area contributed by atoms with Crippen LogP contribution in [0.5, 0.6) is 0 Å². The Balaban J connectivity index is 2.13. The predicted molar refractivity (Wildman–Crippen MR) is 44.6 cm³/mol. The first-order chi connectivity index (χ1) is 5.21. The number of hydrogen-bond acceptors (Lipinski definition) is 2. The fourth-order valence-electron chi connectivity index (χ4n) is 2.22.